The van der Waals surface area contributed by atoms with Gasteiger partial charge in [-0.25, -0.2) is 0 Å². The van der Waals surface area contributed by atoms with E-state index in [0.717, 1.165) is 11.3 Å². The van der Waals surface area contributed by atoms with Crippen molar-refractivity contribution in [1.82, 2.24) is 25.1 Å². The summed E-state index contributed by atoms with van der Waals surface area (Å²) in [7, 11) is 0. The number of hydrogen-bond donors (Lipinski definition) is 1. The van der Waals surface area contributed by atoms with Crippen LogP contribution in [0, 0.1) is 11.3 Å². The number of nitrogens with zero attached hydrogens (tertiary/aromatic N) is 5. The molecule has 0 unspecified atom stereocenters. The quantitative estimate of drug-likeness (QED) is 0.785. The van der Waals surface area contributed by atoms with Crippen molar-refractivity contribution in [2.75, 3.05) is 0 Å². The maximum atomic E-state index is 11.3. The number of nitrogens with one attached hydrogen (secondary N) is 1. The van der Waals surface area contributed by atoms with Crippen molar-refractivity contribution < 1.29 is 4.79 Å². The van der Waals surface area contributed by atoms with E-state index in [9.17, 15) is 4.79 Å². The molecule has 8 heteroatoms. The molecule has 104 valence electrons. The topological polar surface area (TPSA) is 96.0 Å². The number of thiophene rings is 1. The molecule has 0 atom stereocenters. The molecule has 0 fully saturated rings. The third-order valence-electron chi connectivity index (χ3n) is 2.83. The van der Waals surface area contributed by atoms with Gasteiger partial charge in [0.25, 0.3) is 0 Å². The minimum atomic E-state index is -0.344. The van der Waals surface area contributed by atoms with Gasteiger partial charge in [0.15, 0.2) is 11.5 Å². The number of carbonyl (C=O) groups excluding carboxylic acids is 1. The molecule has 0 aliphatic carbocycles. The van der Waals surface area contributed by atoms with Gasteiger partial charge in [0, 0.05) is 10.9 Å². The van der Waals surface area contributed by atoms with Gasteiger partial charge in [-0.1, -0.05) is 0 Å². The number of rotatable bonds is 4. The summed E-state index contributed by atoms with van der Waals surface area (Å²) in [5.74, 6) is 0.177. The Balaban J connectivity index is 1.88. The molecule has 7 nitrogen and oxygen atoms in total. The maximum absolute atomic E-state index is 11.3. The van der Waals surface area contributed by atoms with Crippen LogP contribution in [0.1, 0.15) is 12.2 Å². The first-order chi connectivity index (χ1) is 10.3. The number of nitriles is 1. The van der Waals surface area contributed by atoms with Crippen LogP contribution in [0.4, 0.5) is 0 Å². The van der Waals surface area contributed by atoms with Gasteiger partial charge in [0.1, 0.15) is 6.42 Å². The van der Waals surface area contributed by atoms with Gasteiger partial charge >= 0.3 is 0 Å². The highest BCUT2D eigenvalue weighted by Crippen LogP contribution is 2.20. The molecule has 0 aromatic carbocycles. The van der Waals surface area contributed by atoms with Gasteiger partial charge in [-0.05, 0) is 23.6 Å². The molecule has 3 aromatic heterocycles. The predicted molar refractivity (Wildman–Crippen MR) is 76.2 cm³/mol. The molecule has 0 aliphatic rings. The van der Waals surface area contributed by atoms with Crippen LogP contribution < -0.4 is 5.32 Å². The molecule has 3 rings (SSSR count). The Morgan fingerprint density at radius 2 is 2.29 bits per heavy atom. The van der Waals surface area contributed by atoms with Crippen LogP contribution in [0.5, 0.6) is 0 Å². The summed E-state index contributed by atoms with van der Waals surface area (Å²) in [5, 5.41) is 27.5. The van der Waals surface area contributed by atoms with Crippen LogP contribution in [-0.4, -0.2) is 25.7 Å². The van der Waals surface area contributed by atoms with Crippen molar-refractivity contribution >= 4 is 22.9 Å². The number of carbonyl (C=O) groups is 1. The van der Waals surface area contributed by atoms with E-state index in [1.807, 2.05) is 29.0 Å². The van der Waals surface area contributed by atoms with E-state index in [2.05, 4.69) is 20.6 Å². The fraction of sp³-hybridized carbons (Fsp3) is 0.154. The number of fused-ring (bicyclic) bond motifs is 1. The Morgan fingerprint density at radius 1 is 1.38 bits per heavy atom. The van der Waals surface area contributed by atoms with Crippen LogP contribution in [0.15, 0.2) is 29.0 Å². The maximum Gasteiger partial charge on any atom is 0.234 e. The van der Waals surface area contributed by atoms with Crippen LogP contribution in [0.25, 0.3) is 16.9 Å². The predicted octanol–water partition coefficient (Wildman–Crippen LogP) is 1.38. The second kappa shape index (κ2) is 5.68. The van der Waals surface area contributed by atoms with Crippen LogP contribution >= 0.6 is 11.3 Å². The third kappa shape index (κ3) is 2.73. The lowest BCUT2D eigenvalue weighted by molar-refractivity contribution is -0.120. The van der Waals surface area contributed by atoms with Crippen molar-refractivity contribution in [3.8, 4) is 17.3 Å². The molecule has 1 amide bonds. The summed E-state index contributed by atoms with van der Waals surface area (Å²) in [6.07, 6.45) is -0.176. The van der Waals surface area contributed by atoms with E-state index in [4.69, 9.17) is 5.26 Å². The first kappa shape index (κ1) is 13.2. The first-order valence-corrected chi connectivity index (χ1v) is 7.10. The fourth-order valence-electron chi connectivity index (χ4n) is 1.82. The number of amides is 1. The average molecular weight is 298 g/mol. The SMILES string of the molecule is N#CCC(=O)NCc1nnc2ccc(-c3ccsc3)nn12. The minimum Gasteiger partial charge on any atom is -0.348 e. The van der Waals surface area contributed by atoms with Crippen molar-refractivity contribution in [2.24, 2.45) is 0 Å². The highest BCUT2D eigenvalue weighted by molar-refractivity contribution is 7.08. The molecule has 0 saturated carbocycles. The zero-order chi connectivity index (χ0) is 14.7. The molecule has 0 bridgehead atoms. The zero-order valence-electron chi connectivity index (χ0n) is 10.9. The third-order valence-corrected chi connectivity index (χ3v) is 3.51. The van der Waals surface area contributed by atoms with E-state index in [-0.39, 0.29) is 18.9 Å². The molecular formula is C13H10N6OS. The lowest BCUT2D eigenvalue weighted by Gasteiger charge is -2.02. The lowest BCUT2D eigenvalue weighted by atomic mass is 10.2. The van der Waals surface area contributed by atoms with Gasteiger partial charge in [-0.3, -0.25) is 4.79 Å². The Hall–Kier alpha value is -2.79. The van der Waals surface area contributed by atoms with E-state index in [1.54, 1.807) is 21.9 Å². The molecule has 1 N–H and O–H groups in total. The van der Waals surface area contributed by atoms with Crippen molar-refractivity contribution in [3.05, 3.63) is 34.8 Å². The van der Waals surface area contributed by atoms with Gasteiger partial charge < -0.3 is 5.32 Å². The molecule has 0 aliphatic heterocycles. The number of aromatic nitrogens is 4. The van der Waals surface area contributed by atoms with Crippen molar-refractivity contribution in [2.45, 2.75) is 13.0 Å². The molecule has 3 aromatic rings. The van der Waals surface area contributed by atoms with Crippen LogP contribution in [0.3, 0.4) is 0 Å². The van der Waals surface area contributed by atoms with Gasteiger partial charge in [0.05, 0.1) is 18.3 Å². The normalized spacial score (nSPS) is 10.4. The molecule has 0 spiro atoms. The Kier molecular flexibility index (Phi) is 3.57. The molecule has 21 heavy (non-hydrogen) atoms. The number of hydrogen-bond acceptors (Lipinski definition) is 6. The van der Waals surface area contributed by atoms with E-state index < -0.39 is 0 Å². The first-order valence-electron chi connectivity index (χ1n) is 6.15. The summed E-state index contributed by atoms with van der Waals surface area (Å²) in [6, 6.07) is 7.48. The van der Waals surface area contributed by atoms with E-state index >= 15 is 0 Å². The Morgan fingerprint density at radius 3 is 3.05 bits per heavy atom. The van der Waals surface area contributed by atoms with Crippen molar-refractivity contribution in [1.29, 1.82) is 5.26 Å². The fourth-order valence-corrected chi connectivity index (χ4v) is 2.47. The molecule has 0 radical (unpaired) electrons. The lowest BCUT2D eigenvalue weighted by Crippen LogP contribution is -2.23. The summed E-state index contributed by atoms with van der Waals surface area (Å²) in [5.41, 5.74) is 2.45. The largest absolute Gasteiger partial charge is 0.348 e. The zero-order valence-corrected chi connectivity index (χ0v) is 11.7. The summed E-state index contributed by atoms with van der Waals surface area (Å²) >= 11 is 1.60. The average Bonchev–Trinajstić information content (AvgIpc) is 3.14. The smallest absolute Gasteiger partial charge is 0.234 e. The van der Waals surface area contributed by atoms with E-state index in [1.165, 1.54) is 0 Å². The standard InChI is InChI=1S/C13H10N6OS/c14-5-3-13(20)15-7-12-17-16-11-2-1-10(18-19(11)12)9-4-6-21-8-9/h1-2,4,6,8H,3,7H2,(H,15,20). The second-order valence-corrected chi connectivity index (χ2v) is 5.01. The van der Waals surface area contributed by atoms with Gasteiger partial charge in [0.2, 0.25) is 5.91 Å². The highest BCUT2D eigenvalue weighted by Gasteiger charge is 2.10. The Bertz CT molecular complexity index is 817. The monoisotopic (exact) mass is 298 g/mol. The minimum absolute atomic E-state index is 0.176. The summed E-state index contributed by atoms with van der Waals surface area (Å²) < 4.78 is 1.60. The van der Waals surface area contributed by atoms with Gasteiger partial charge in [-0.15, -0.1) is 10.2 Å². The summed E-state index contributed by atoms with van der Waals surface area (Å²) in [4.78, 5) is 11.3. The van der Waals surface area contributed by atoms with Crippen molar-refractivity contribution in [3.63, 3.8) is 0 Å². The van der Waals surface area contributed by atoms with Gasteiger partial charge in [-0.2, -0.15) is 26.2 Å². The summed E-state index contributed by atoms with van der Waals surface area (Å²) in [6.45, 7) is 0.182. The Labute approximate surface area is 123 Å². The van der Waals surface area contributed by atoms with E-state index in [0.29, 0.717) is 11.5 Å². The second-order valence-electron chi connectivity index (χ2n) is 4.23. The molecule has 3 heterocycles. The molecular weight excluding hydrogens is 288 g/mol. The van der Waals surface area contributed by atoms with Crippen LogP contribution in [-0.2, 0) is 11.3 Å². The highest BCUT2D eigenvalue weighted by atomic mass is 32.1. The van der Waals surface area contributed by atoms with Crippen LogP contribution in [0.2, 0.25) is 0 Å². The molecule has 0 saturated heterocycles.